The normalized spacial score (nSPS) is 14.4. The molecule has 0 heterocycles. The van der Waals surface area contributed by atoms with Gasteiger partial charge in [-0.2, -0.15) is 5.26 Å². The van der Waals surface area contributed by atoms with Gasteiger partial charge in [-0.3, -0.25) is 0 Å². The van der Waals surface area contributed by atoms with Crippen LogP contribution in [0.3, 0.4) is 0 Å². The summed E-state index contributed by atoms with van der Waals surface area (Å²) >= 11 is 0. The van der Waals surface area contributed by atoms with E-state index in [2.05, 4.69) is 49.1 Å². The molecule has 2 aromatic carbocycles. The standard InChI is InChI=1S/C19H22N2/c1-14(2)11-12-21(16-8-9-16)19-10-7-15(13-20)17-5-3-4-6-18(17)19/h3-7,10,14,16H,8-9,11-12H2,1-2H3. The molecule has 0 amide bonds. The molecule has 1 saturated carbocycles. The lowest BCUT2D eigenvalue weighted by Crippen LogP contribution is -2.27. The van der Waals surface area contributed by atoms with Crippen molar-refractivity contribution in [3.05, 3.63) is 42.0 Å². The van der Waals surface area contributed by atoms with Gasteiger partial charge in [0.05, 0.1) is 11.6 Å². The quantitative estimate of drug-likeness (QED) is 0.790. The molecule has 21 heavy (non-hydrogen) atoms. The number of nitriles is 1. The van der Waals surface area contributed by atoms with Gasteiger partial charge in [-0.15, -0.1) is 0 Å². The minimum atomic E-state index is 0.695. The number of rotatable bonds is 5. The Balaban J connectivity index is 2.04. The number of nitrogens with zero attached hydrogens (tertiary/aromatic N) is 2. The molecule has 0 saturated heterocycles. The third-order valence-corrected chi connectivity index (χ3v) is 4.27. The fraction of sp³-hybridized carbons (Fsp3) is 0.421. The number of fused-ring (bicyclic) bond motifs is 1. The maximum Gasteiger partial charge on any atom is 0.0998 e. The minimum absolute atomic E-state index is 0.695. The molecule has 1 fully saturated rings. The van der Waals surface area contributed by atoms with Gasteiger partial charge in [0.15, 0.2) is 0 Å². The number of benzene rings is 2. The molecule has 0 spiro atoms. The van der Waals surface area contributed by atoms with E-state index in [1.54, 1.807) is 0 Å². The van der Waals surface area contributed by atoms with Crippen LogP contribution in [0, 0.1) is 17.2 Å². The molecule has 2 heteroatoms. The molecule has 0 radical (unpaired) electrons. The van der Waals surface area contributed by atoms with Gasteiger partial charge in [0, 0.05) is 29.0 Å². The van der Waals surface area contributed by atoms with Gasteiger partial charge >= 0.3 is 0 Å². The molecule has 0 N–H and O–H groups in total. The summed E-state index contributed by atoms with van der Waals surface area (Å²) in [6.45, 7) is 5.67. The molecule has 1 aliphatic rings. The molecule has 108 valence electrons. The summed E-state index contributed by atoms with van der Waals surface area (Å²) in [5, 5.41) is 11.6. The van der Waals surface area contributed by atoms with Crippen LogP contribution in [0.1, 0.15) is 38.7 Å². The molecule has 0 aliphatic heterocycles. The van der Waals surface area contributed by atoms with Crippen LogP contribution in [0.15, 0.2) is 36.4 Å². The van der Waals surface area contributed by atoms with Crippen molar-refractivity contribution in [2.24, 2.45) is 5.92 Å². The van der Waals surface area contributed by atoms with E-state index in [4.69, 9.17) is 0 Å². The highest BCUT2D eigenvalue weighted by Gasteiger charge is 2.30. The van der Waals surface area contributed by atoms with Crippen molar-refractivity contribution < 1.29 is 0 Å². The Labute approximate surface area is 127 Å². The first-order valence-corrected chi connectivity index (χ1v) is 7.89. The summed E-state index contributed by atoms with van der Waals surface area (Å²) in [7, 11) is 0. The third kappa shape index (κ3) is 2.88. The van der Waals surface area contributed by atoms with Crippen molar-refractivity contribution in [3.8, 4) is 6.07 Å². The number of hydrogen-bond acceptors (Lipinski definition) is 2. The average Bonchev–Trinajstić information content (AvgIpc) is 3.32. The Bertz CT molecular complexity index is 678. The third-order valence-electron chi connectivity index (χ3n) is 4.27. The molecular formula is C19H22N2. The van der Waals surface area contributed by atoms with Gasteiger partial charge in [0.1, 0.15) is 0 Å². The van der Waals surface area contributed by atoms with E-state index in [-0.39, 0.29) is 0 Å². The Morgan fingerprint density at radius 3 is 2.48 bits per heavy atom. The van der Waals surface area contributed by atoms with Crippen molar-refractivity contribution in [2.45, 2.75) is 39.2 Å². The lowest BCUT2D eigenvalue weighted by Gasteiger charge is -2.27. The van der Waals surface area contributed by atoms with Crippen LogP contribution in [-0.2, 0) is 0 Å². The van der Waals surface area contributed by atoms with Crippen molar-refractivity contribution in [2.75, 3.05) is 11.4 Å². The largest absolute Gasteiger partial charge is 0.368 e. The zero-order valence-electron chi connectivity index (χ0n) is 12.8. The van der Waals surface area contributed by atoms with Crippen molar-refractivity contribution in [3.63, 3.8) is 0 Å². The molecule has 0 aromatic heterocycles. The van der Waals surface area contributed by atoms with E-state index in [0.717, 1.165) is 23.4 Å². The van der Waals surface area contributed by atoms with Gasteiger partial charge in [-0.1, -0.05) is 38.1 Å². The maximum absolute atomic E-state index is 9.30. The summed E-state index contributed by atoms with van der Waals surface area (Å²) < 4.78 is 0. The zero-order valence-corrected chi connectivity index (χ0v) is 12.8. The summed E-state index contributed by atoms with van der Waals surface area (Å²) in [4.78, 5) is 2.56. The van der Waals surface area contributed by atoms with Gasteiger partial charge in [0.25, 0.3) is 0 Å². The minimum Gasteiger partial charge on any atom is -0.368 e. The summed E-state index contributed by atoms with van der Waals surface area (Å²) in [6.07, 6.45) is 3.81. The van der Waals surface area contributed by atoms with Gasteiger partial charge in [0.2, 0.25) is 0 Å². The second kappa shape index (κ2) is 5.77. The predicted molar refractivity (Wildman–Crippen MR) is 88.5 cm³/mol. The summed E-state index contributed by atoms with van der Waals surface area (Å²) in [5.41, 5.74) is 2.07. The lowest BCUT2D eigenvalue weighted by atomic mass is 10.0. The van der Waals surface area contributed by atoms with Crippen LogP contribution < -0.4 is 4.90 Å². The van der Waals surface area contributed by atoms with E-state index >= 15 is 0 Å². The molecule has 2 nitrogen and oxygen atoms in total. The number of anilines is 1. The lowest BCUT2D eigenvalue weighted by molar-refractivity contribution is 0.571. The molecule has 3 rings (SSSR count). The number of hydrogen-bond donors (Lipinski definition) is 0. The fourth-order valence-corrected chi connectivity index (χ4v) is 2.91. The average molecular weight is 278 g/mol. The topological polar surface area (TPSA) is 27.0 Å². The summed E-state index contributed by atoms with van der Waals surface area (Å²) in [6, 6.07) is 15.4. The van der Waals surface area contributed by atoms with E-state index < -0.39 is 0 Å². The Morgan fingerprint density at radius 1 is 1.14 bits per heavy atom. The zero-order chi connectivity index (χ0) is 14.8. The smallest absolute Gasteiger partial charge is 0.0998 e. The van der Waals surface area contributed by atoms with Crippen LogP contribution in [0.2, 0.25) is 0 Å². The second-order valence-corrected chi connectivity index (χ2v) is 6.40. The Hall–Kier alpha value is -2.01. The van der Waals surface area contributed by atoms with E-state index in [1.807, 2.05) is 12.1 Å². The fourth-order valence-electron chi connectivity index (χ4n) is 2.91. The monoisotopic (exact) mass is 278 g/mol. The van der Waals surface area contributed by atoms with Crippen LogP contribution >= 0.6 is 0 Å². The van der Waals surface area contributed by atoms with Crippen LogP contribution in [0.4, 0.5) is 5.69 Å². The second-order valence-electron chi connectivity index (χ2n) is 6.40. The molecule has 0 atom stereocenters. The van der Waals surface area contributed by atoms with Crippen LogP contribution in [-0.4, -0.2) is 12.6 Å². The molecule has 0 unspecified atom stereocenters. The highest BCUT2D eigenvalue weighted by atomic mass is 15.2. The first-order chi connectivity index (χ1) is 10.2. The van der Waals surface area contributed by atoms with Crippen molar-refractivity contribution in [1.82, 2.24) is 0 Å². The Morgan fingerprint density at radius 2 is 1.86 bits per heavy atom. The molecule has 0 bridgehead atoms. The Kier molecular flexibility index (Phi) is 3.84. The first-order valence-electron chi connectivity index (χ1n) is 7.89. The SMILES string of the molecule is CC(C)CCN(c1ccc(C#N)c2ccccc12)C1CC1. The van der Waals surface area contributed by atoms with E-state index in [9.17, 15) is 5.26 Å². The van der Waals surface area contributed by atoms with Gasteiger partial charge in [-0.05, 0) is 37.3 Å². The summed E-state index contributed by atoms with van der Waals surface area (Å²) in [5.74, 6) is 0.718. The van der Waals surface area contributed by atoms with Crippen molar-refractivity contribution >= 4 is 16.5 Å². The highest BCUT2D eigenvalue weighted by Crippen LogP contribution is 2.37. The predicted octanol–water partition coefficient (Wildman–Crippen LogP) is 4.73. The van der Waals surface area contributed by atoms with Crippen LogP contribution in [0.5, 0.6) is 0 Å². The van der Waals surface area contributed by atoms with Crippen LogP contribution in [0.25, 0.3) is 10.8 Å². The maximum atomic E-state index is 9.30. The van der Waals surface area contributed by atoms with E-state index in [0.29, 0.717) is 6.04 Å². The molecule has 1 aliphatic carbocycles. The molecular weight excluding hydrogens is 256 g/mol. The van der Waals surface area contributed by atoms with Gasteiger partial charge in [-0.25, -0.2) is 0 Å². The van der Waals surface area contributed by atoms with E-state index in [1.165, 1.54) is 30.3 Å². The van der Waals surface area contributed by atoms with Crippen molar-refractivity contribution in [1.29, 1.82) is 5.26 Å². The van der Waals surface area contributed by atoms with Gasteiger partial charge < -0.3 is 4.90 Å². The highest BCUT2D eigenvalue weighted by molar-refractivity contribution is 5.98. The first kappa shape index (κ1) is 13.9. The molecule has 2 aromatic rings.